The third-order valence-corrected chi connectivity index (χ3v) is 5.07. The molecule has 0 unspecified atom stereocenters. The lowest BCUT2D eigenvalue weighted by Gasteiger charge is -2.16. The van der Waals surface area contributed by atoms with Gasteiger partial charge in [-0.1, -0.05) is 6.08 Å². The van der Waals surface area contributed by atoms with Crippen molar-refractivity contribution in [2.24, 2.45) is 4.99 Å². The summed E-state index contributed by atoms with van der Waals surface area (Å²) in [7, 11) is 5.08. The van der Waals surface area contributed by atoms with E-state index in [0.29, 0.717) is 6.54 Å². The second-order valence-electron chi connectivity index (χ2n) is 5.79. The first-order valence-electron chi connectivity index (χ1n) is 8.45. The SMILES string of the molecule is C=CCc1cc(CNC(=NC)NCc2sccc2C)cc(OC)c1OC. The molecule has 0 fully saturated rings. The van der Waals surface area contributed by atoms with Gasteiger partial charge in [-0.25, -0.2) is 0 Å². The molecular weight excluding hydrogens is 346 g/mol. The van der Waals surface area contributed by atoms with Gasteiger partial charge in [-0.2, -0.15) is 0 Å². The molecule has 0 atom stereocenters. The highest BCUT2D eigenvalue weighted by Crippen LogP contribution is 2.33. The molecule has 2 aromatic rings. The molecule has 6 heteroatoms. The van der Waals surface area contributed by atoms with Crippen molar-refractivity contribution in [3.05, 3.63) is 57.8 Å². The fourth-order valence-corrected chi connectivity index (χ4v) is 3.52. The monoisotopic (exact) mass is 373 g/mol. The van der Waals surface area contributed by atoms with Gasteiger partial charge in [-0.3, -0.25) is 4.99 Å². The largest absolute Gasteiger partial charge is 0.493 e. The fourth-order valence-electron chi connectivity index (χ4n) is 2.67. The van der Waals surface area contributed by atoms with E-state index in [4.69, 9.17) is 9.47 Å². The number of aryl methyl sites for hydroxylation is 1. The highest BCUT2D eigenvalue weighted by atomic mass is 32.1. The summed E-state index contributed by atoms with van der Waals surface area (Å²) >= 11 is 1.75. The Balaban J connectivity index is 2.05. The average Bonchev–Trinajstić information content (AvgIpc) is 3.06. The van der Waals surface area contributed by atoms with Gasteiger partial charge < -0.3 is 20.1 Å². The van der Waals surface area contributed by atoms with Crippen LogP contribution in [-0.4, -0.2) is 27.2 Å². The van der Waals surface area contributed by atoms with Gasteiger partial charge in [0.2, 0.25) is 0 Å². The summed E-state index contributed by atoms with van der Waals surface area (Å²) in [4.78, 5) is 5.61. The molecule has 2 N–H and O–H groups in total. The smallest absolute Gasteiger partial charge is 0.191 e. The zero-order valence-electron chi connectivity index (χ0n) is 15.9. The first-order valence-corrected chi connectivity index (χ1v) is 9.33. The molecule has 0 aliphatic carbocycles. The van der Waals surface area contributed by atoms with Crippen molar-refractivity contribution in [2.45, 2.75) is 26.4 Å². The minimum Gasteiger partial charge on any atom is -0.493 e. The summed E-state index contributed by atoms with van der Waals surface area (Å²) in [6, 6.07) is 6.21. The van der Waals surface area contributed by atoms with E-state index in [1.165, 1.54) is 10.4 Å². The van der Waals surface area contributed by atoms with E-state index >= 15 is 0 Å². The van der Waals surface area contributed by atoms with Crippen LogP contribution in [0.3, 0.4) is 0 Å². The van der Waals surface area contributed by atoms with Crippen molar-refractivity contribution in [3.63, 3.8) is 0 Å². The molecule has 0 saturated heterocycles. The van der Waals surface area contributed by atoms with Crippen LogP contribution in [0.4, 0.5) is 0 Å². The zero-order valence-corrected chi connectivity index (χ0v) is 16.7. The van der Waals surface area contributed by atoms with Crippen molar-refractivity contribution < 1.29 is 9.47 Å². The minimum absolute atomic E-state index is 0.633. The number of hydrogen-bond donors (Lipinski definition) is 2. The lowest BCUT2D eigenvalue weighted by molar-refractivity contribution is 0.352. The number of thiophene rings is 1. The number of guanidine groups is 1. The lowest BCUT2D eigenvalue weighted by atomic mass is 10.1. The number of nitrogens with zero attached hydrogens (tertiary/aromatic N) is 1. The third kappa shape index (κ3) is 5.02. The van der Waals surface area contributed by atoms with Gasteiger partial charge in [-0.05, 0) is 48.1 Å². The summed E-state index contributed by atoms with van der Waals surface area (Å²) < 4.78 is 11.0. The molecule has 26 heavy (non-hydrogen) atoms. The first kappa shape index (κ1) is 19.8. The van der Waals surface area contributed by atoms with Crippen LogP contribution in [-0.2, 0) is 19.5 Å². The Bertz CT molecular complexity index is 768. The van der Waals surface area contributed by atoms with Gasteiger partial charge >= 0.3 is 0 Å². The molecule has 0 spiro atoms. The highest BCUT2D eigenvalue weighted by Gasteiger charge is 2.12. The Morgan fingerprint density at radius 2 is 2.00 bits per heavy atom. The molecular formula is C20H27N3O2S. The van der Waals surface area contributed by atoms with E-state index in [1.54, 1.807) is 32.6 Å². The van der Waals surface area contributed by atoms with Crippen LogP contribution in [0.25, 0.3) is 0 Å². The van der Waals surface area contributed by atoms with Crippen LogP contribution in [0.15, 0.2) is 41.2 Å². The van der Waals surface area contributed by atoms with Crippen molar-refractivity contribution in [3.8, 4) is 11.5 Å². The van der Waals surface area contributed by atoms with E-state index in [1.807, 2.05) is 12.1 Å². The third-order valence-electron chi connectivity index (χ3n) is 4.05. The Kier molecular flexibility index (Phi) is 7.53. The number of hydrogen-bond acceptors (Lipinski definition) is 4. The molecule has 0 radical (unpaired) electrons. The Morgan fingerprint density at radius 1 is 1.23 bits per heavy atom. The molecule has 1 aromatic heterocycles. The Morgan fingerprint density at radius 3 is 2.58 bits per heavy atom. The fraction of sp³-hybridized carbons (Fsp3) is 0.350. The van der Waals surface area contributed by atoms with E-state index in [-0.39, 0.29) is 0 Å². The summed E-state index contributed by atoms with van der Waals surface area (Å²) in [5.74, 6) is 2.24. The van der Waals surface area contributed by atoms with Crippen LogP contribution in [0.1, 0.15) is 21.6 Å². The lowest BCUT2D eigenvalue weighted by Crippen LogP contribution is -2.36. The van der Waals surface area contributed by atoms with Crippen molar-refractivity contribution in [2.75, 3.05) is 21.3 Å². The predicted octanol–water partition coefficient (Wildman–Crippen LogP) is 3.67. The number of ether oxygens (including phenoxy) is 2. The standard InChI is InChI=1S/C20H27N3O2S/c1-6-7-16-10-15(11-17(24-4)19(16)25-5)12-22-20(21-3)23-13-18-14(2)8-9-26-18/h6,8-11H,1,7,12-13H2,2-5H3,(H2,21,22,23). The van der Waals surface area contributed by atoms with Crippen molar-refractivity contribution in [1.82, 2.24) is 10.6 Å². The van der Waals surface area contributed by atoms with Gasteiger partial charge in [-0.15, -0.1) is 17.9 Å². The summed E-state index contributed by atoms with van der Waals surface area (Å²) in [6.07, 6.45) is 2.58. The predicted molar refractivity (Wildman–Crippen MR) is 110 cm³/mol. The number of methoxy groups -OCH3 is 2. The maximum Gasteiger partial charge on any atom is 0.191 e. The van der Waals surface area contributed by atoms with Crippen molar-refractivity contribution in [1.29, 1.82) is 0 Å². The Hall–Kier alpha value is -2.47. The molecule has 0 amide bonds. The molecule has 0 bridgehead atoms. The van der Waals surface area contributed by atoms with E-state index in [0.717, 1.165) is 41.6 Å². The van der Waals surface area contributed by atoms with E-state index < -0.39 is 0 Å². The van der Waals surface area contributed by atoms with Crippen LogP contribution in [0.2, 0.25) is 0 Å². The molecule has 1 heterocycles. The quantitative estimate of drug-likeness (QED) is 0.421. The molecule has 0 saturated carbocycles. The van der Waals surface area contributed by atoms with Gasteiger partial charge in [0.1, 0.15) is 0 Å². The van der Waals surface area contributed by atoms with Crippen LogP contribution >= 0.6 is 11.3 Å². The highest BCUT2D eigenvalue weighted by molar-refractivity contribution is 7.10. The molecule has 0 aliphatic rings. The number of rotatable bonds is 8. The van der Waals surface area contributed by atoms with Gasteiger partial charge in [0, 0.05) is 24.0 Å². The van der Waals surface area contributed by atoms with E-state index in [2.05, 4.69) is 46.6 Å². The topological polar surface area (TPSA) is 54.9 Å². The summed E-state index contributed by atoms with van der Waals surface area (Å²) in [5, 5.41) is 8.80. The second-order valence-corrected chi connectivity index (χ2v) is 6.79. The molecule has 2 rings (SSSR count). The number of allylic oxidation sites excluding steroid dienone is 1. The summed E-state index contributed by atoms with van der Waals surface area (Å²) in [5.41, 5.74) is 3.44. The van der Waals surface area contributed by atoms with Crippen LogP contribution in [0.5, 0.6) is 11.5 Å². The zero-order chi connectivity index (χ0) is 18.9. The minimum atomic E-state index is 0.633. The molecule has 1 aromatic carbocycles. The Labute approximate surface area is 159 Å². The second kappa shape index (κ2) is 9.87. The number of aliphatic imine (C=N–C) groups is 1. The molecule has 5 nitrogen and oxygen atoms in total. The average molecular weight is 374 g/mol. The van der Waals surface area contributed by atoms with Gasteiger partial charge in [0.05, 0.1) is 20.8 Å². The number of benzene rings is 1. The first-order chi connectivity index (χ1) is 12.6. The van der Waals surface area contributed by atoms with Crippen LogP contribution < -0.4 is 20.1 Å². The van der Waals surface area contributed by atoms with Gasteiger partial charge in [0.15, 0.2) is 17.5 Å². The molecule has 0 aliphatic heterocycles. The molecule has 140 valence electrons. The normalized spacial score (nSPS) is 11.2. The van der Waals surface area contributed by atoms with Gasteiger partial charge in [0.25, 0.3) is 0 Å². The summed E-state index contributed by atoms with van der Waals surface area (Å²) in [6.45, 7) is 7.33. The van der Waals surface area contributed by atoms with Crippen LogP contribution in [0, 0.1) is 6.92 Å². The maximum absolute atomic E-state index is 5.48. The number of nitrogens with one attached hydrogen (secondary N) is 2. The van der Waals surface area contributed by atoms with E-state index in [9.17, 15) is 0 Å². The maximum atomic E-state index is 5.48. The van der Waals surface area contributed by atoms with Crippen molar-refractivity contribution >= 4 is 17.3 Å².